The first-order valence-corrected chi connectivity index (χ1v) is 7.29. The molecule has 3 rings (SSSR count). The molecule has 0 bridgehead atoms. The molecule has 22 heavy (non-hydrogen) atoms. The zero-order valence-electron chi connectivity index (χ0n) is 12.7. The van der Waals surface area contributed by atoms with E-state index in [1.54, 1.807) is 6.08 Å². The fraction of sp³-hybridized carbons (Fsp3) is 0. The van der Waals surface area contributed by atoms with Gasteiger partial charge in [-0.25, -0.2) is 0 Å². The van der Waals surface area contributed by atoms with Gasteiger partial charge in [-0.05, 0) is 21.9 Å². The molecule has 0 aliphatic heterocycles. The highest BCUT2D eigenvalue weighted by atomic mass is 14.0. The van der Waals surface area contributed by atoms with Crippen molar-refractivity contribution in [2.45, 2.75) is 0 Å². The highest BCUT2D eigenvalue weighted by Crippen LogP contribution is 2.18. The van der Waals surface area contributed by atoms with Crippen molar-refractivity contribution in [2.75, 3.05) is 0 Å². The van der Waals surface area contributed by atoms with Crippen molar-refractivity contribution >= 4 is 22.9 Å². The maximum Gasteiger partial charge on any atom is -0.0112 e. The third kappa shape index (κ3) is 4.32. The van der Waals surface area contributed by atoms with Crippen LogP contribution in [0.2, 0.25) is 0 Å². The molecule has 0 N–H and O–H groups in total. The summed E-state index contributed by atoms with van der Waals surface area (Å²) >= 11 is 0. The van der Waals surface area contributed by atoms with Crippen molar-refractivity contribution in [1.82, 2.24) is 0 Å². The second kappa shape index (κ2) is 8.43. The van der Waals surface area contributed by atoms with Gasteiger partial charge in [-0.3, -0.25) is 0 Å². The summed E-state index contributed by atoms with van der Waals surface area (Å²) in [6.45, 7) is 7.37. The van der Waals surface area contributed by atoms with E-state index < -0.39 is 0 Å². The molecule has 0 saturated heterocycles. The van der Waals surface area contributed by atoms with E-state index >= 15 is 0 Å². The Morgan fingerprint density at radius 3 is 2.09 bits per heavy atom. The van der Waals surface area contributed by atoms with Gasteiger partial charge in [0.1, 0.15) is 0 Å². The first-order valence-electron chi connectivity index (χ1n) is 7.29. The van der Waals surface area contributed by atoms with E-state index in [0.717, 1.165) is 0 Å². The van der Waals surface area contributed by atoms with Gasteiger partial charge in [0.25, 0.3) is 0 Å². The van der Waals surface area contributed by atoms with Crippen LogP contribution in [0, 0.1) is 0 Å². The lowest BCUT2D eigenvalue weighted by molar-refractivity contribution is 1.66. The Bertz CT molecular complexity index is 759. The van der Waals surface area contributed by atoms with Crippen LogP contribution in [-0.2, 0) is 0 Å². The number of benzene rings is 3. The molecule has 0 aromatic heterocycles. The van der Waals surface area contributed by atoms with E-state index in [1.165, 1.54) is 21.9 Å². The van der Waals surface area contributed by atoms with Gasteiger partial charge in [0.15, 0.2) is 0 Å². The van der Waals surface area contributed by atoms with E-state index in [0.29, 0.717) is 0 Å². The lowest BCUT2D eigenvalue weighted by Gasteiger charge is -1.99. The van der Waals surface area contributed by atoms with Crippen molar-refractivity contribution in [1.29, 1.82) is 0 Å². The summed E-state index contributed by atoms with van der Waals surface area (Å²) in [5.41, 5.74) is 2.41. The third-order valence-electron chi connectivity index (χ3n) is 3.27. The third-order valence-corrected chi connectivity index (χ3v) is 3.27. The molecule has 0 fully saturated rings. The van der Waals surface area contributed by atoms with E-state index in [2.05, 4.69) is 67.8 Å². The van der Waals surface area contributed by atoms with Gasteiger partial charge in [0.2, 0.25) is 0 Å². The topological polar surface area (TPSA) is 0 Å². The molecule has 108 valence electrons. The second-order valence-electron chi connectivity index (χ2n) is 4.78. The SMILES string of the molecule is C=CC=Cc1ccccc1.C=Cc1cccc2ccccc12. The van der Waals surface area contributed by atoms with Gasteiger partial charge in [-0.15, -0.1) is 0 Å². The highest BCUT2D eigenvalue weighted by Gasteiger charge is 1.93. The van der Waals surface area contributed by atoms with Crippen LogP contribution in [0.1, 0.15) is 11.1 Å². The Morgan fingerprint density at radius 1 is 0.682 bits per heavy atom. The summed E-state index contributed by atoms with van der Waals surface area (Å²) in [7, 11) is 0. The summed E-state index contributed by atoms with van der Waals surface area (Å²) < 4.78 is 0. The van der Waals surface area contributed by atoms with Crippen LogP contribution in [-0.4, -0.2) is 0 Å². The minimum atomic E-state index is 1.20. The molecule has 0 heteroatoms. The summed E-state index contributed by atoms with van der Waals surface area (Å²) in [4.78, 5) is 0. The largest absolute Gasteiger partial charge is 0.0991 e. The Kier molecular flexibility index (Phi) is 5.95. The normalized spacial score (nSPS) is 10.0. The number of fused-ring (bicyclic) bond motifs is 1. The summed E-state index contributed by atoms with van der Waals surface area (Å²) in [5, 5.41) is 2.55. The first kappa shape index (κ1) is 15.5. The zero-order chi connectivity index (χ0) is 15.6. The molecule has 0 aliphatic rings. The lowest BCUT2D eigenvalue weighted by Crippen LogP contribution is -1.75. The predicted octanol–water partition coefficient (Wildman–Crippen LogP) is 6.37. The second-order valence-corrected chi connectivity index (χ2v) is 4.78. The molecular weight excluding hydrogens is 264 g/mol. The van der Waals surface area contributed by atoms with Crippen molar-refractivity contribution in [2.24, 2.45) is 0 Å². The van der Waals surface area contributed by atoms with Crippen LogP contribution in [0.15, 0.2) is 98.1 Å². The molecule has 0 saturated carbocycles. The molecule has 0 unspecified atom stereocenters. The fourth-order valence-electron chi connectivity index (χ4n) is 2.17. The minimum absolute atomic E-state index is 1.20. The number of allylic oxidation sites excluding steroid dienone is 2. The quantitative estimate of drug-likeness (QED) is 0.490. The molecule has 0 amide bonds. The highest BCUT2D eigenvalue weighted by molar-refractivity contribution is 5.90. The maximum atomic E-state index is 3.78. The average Bonchev–Trinajstić information content (AvgIpc) is 2.61. The van der Waals surface area contributed by atoms with Crippen LogP contribution >= 0.6 is 0 Å². The van der Waals surface area contributed by atoms with Gasteiger partial charge in [0.05, 0.1) is 0 Å². The summed E-state index contributed by atoms with van der Waals surface area (Å²) in [6.07, 6.45) is 7.61. The van der Waals surface area contributed by atoms with Gasteiger partial charge in [-0.1, -0.05) is 110 Å². The lowest BCUT2D eigenvalue weighted by atomic mass is 10.1. The van der Waals surface area contributed by atoms with Gasteiger partial charge in [-0.2, -0.15) is 0 Å². The van der Waals surface area contributed by atoms with Gasteiger partial charge in [0, 0.05) is 0 Å². The van der Waals surface area contributed by atoms with E-state index in [-0.39, 0.29) is 0 Å². The van der Waals surface area contributed by atoms with Gasteiger partial charge >= 0.3 is 0 Å². The molecular formula is C22H20. The fourth-order valence-corrected chi connectivity index (χ4v) is 2.17. The zero-order valence-corrected chi connectivity index (χ0v) is 12.7. The van der Waals surface area contributed by atoms with Crippen LogP contribution in [0.4, 0.5) is 0 Å². The van der Waals surface area contributed by atoms with Crippen molar-refractivity contribution in [3.05, 3.63) is 109 Å². The van der Waals surface area contributed by atoms with Crippen molar-refractivity contribution in [3.63, 3.8) is 0 Å². The summed E-state index contributed by atoms with van der Waals surface area (Å²) in [6, 6.07) is 24.7. The maximum absolute atomic E-state index is 3.78. The molecule has 0 heterocycles. The molecule has 0 radical (unpaired) electrons. The summed E-state index contributed by atoms with van der Waals surface area (Å²) in [5.74, 6) is 0. The predicted molar refractivity (Wildman–Crippen MR) is 99.7 cm³/mol. The van der Waals surface area contributed by atoms with Crippen LogP contribution in [0.25, 0.3) is 22.9 Å². The van der Waals surface area contributed by atoms with E-state index in [9.17, 15) is 0 Å². The monoisotopic (exact) mass is 284 g/mol. The molecule has 0 aliphatic carbocycles. The molecule has 0 atom stereocenters. The first-order chi connectivity index (χ1) is 10.8. The Hall–Kier alpha value is -2.86. The molecule has 0 nitrogen and oxygen atoms in total. The Balaban J connectivity index is 0.000000164. The van der Waals surface area contributed by atoms with E-state index in [1.807, 2.05) is 36.4 Å². The van der Waals surface area contributed by atoms with Crippen LogP contribution in [0.5, 0.6) is 0 Å². The number of hydrogen-bond acceptors (Lipinski definition) is 0. The molecule has 3 aromatic carbocycles. The van der Waals surface area contributed by atoms with Gasteiger partial charge < -0.3 is 0 Å². The van der Waals surface area contributed by atoms with Crippen LogP contribution < -0.4 is 0 Å². The van der Waals surface area contributed by atoms with Crippen molar-refractivity contribution < 1.29 is 0 Å². The van der Waals surface area contributed by atoms with Crippen LogP contribution in [0.3, 0.4) is 0 Å². The number of rotatable bonds is 3. The average molecular weight is 284 g/mol. The van der Waals surface area contributed by atoms with E-state index in [4.69, 9.17) is 0 Å². The number of hydrogen-bond donors (Lipinski definition) is 0. The minimum Gasteiger partial charge on any atom is -0.0991 e. The molecule has 3 aromatic rings. The standard InChI is InChI=1S/C12H10.C10H10/c1-2-10-7-5-8-11-6-3-4-9-12(10)11;1-2-3-7-10-8-5-4-6-9-10/h2-9H,1H2;2-9H,1H2. The Labute approximate surface area is 132 Å². The Morgan fingerprint density at radius 2 is 1.36 bits per heavy atom. The van der Waals surface area contributed by atoms with Crippen molar-refractivity contribution in [3.8, 4) is 0 Å². The molecule has 0 spiro atoms. The smallest absolute Gasteiger partial charge is 0.0112 e.